The Balaban J connectivity index is 5.65. The molecule has 0 aromatic heterocycles. The van der Waals surface area contributed by atoms with Gasteiger partial charge in [-0.3, -0.25) is 4.79 Å². The molecule has 3 heteroatoms. The van der Waals surface area contributed by atoms with E-state index in [0.29, 0.717) is 23.7 Å². The fraction of sp³-hybridized carbons (Fsp3) is 0.947. The van der Waals surface area contributed by atoms with E-state index in [1.165, 1.54) is 0 Å². The first-order valence-corrected chi connectivity index (χ1v) is 9.07. The SMILES string of the molecule is CCC(CNC(C(N)=O)(C(C)C)C(C(C)C)C(C)C)C(C)C. The van der Waals surface area contributed by atoms with Gasteiger partial charge in [-0.15, -0.1) is 0 Å². The molecule has 0 aliphatic rings. The van der Waals surface area contributed by atoms with Gasteiger partial charge in [-0.1, -0.05) is 68.7 Å². The fourth-order valence-electron chi connectivity index (χ4n) is 4.22. The molecule has 3 nitrogen and oxygen atoms in total. The Labute approximate surface area is 138 Å². The van der Waals surface area contributed by atoms with Gasteiger partial charge in [0.15, 0.2) is 0 Å². The number of nitrogens with two attached hydrogens (primary N) is 1. The molecule has 1 amide bonds. The average Bonchev–Trinajstić information content (AvgIpc) is 2.35. The number of primary amides is 1. The summed E-state index contributed by atoms with van der Waals surface area (Å²) in [6.45, 7) is 20.6. The molecule has 0 saturated carbocycles. The van der Waals surface area contributed by atoms with Gasteiger partial charge in [-0.2, -0.15) is 0 Å². The summed E-state index contributed by atoms with van der Waals surface area (Å²) >= 11 is 0. The largest absolute Gasteiger partial charge is 0.368 e. The topological polar surface area (TPSA) is 55.1 Å². The highest BCUT2D eigenvalue weighted by molar-refractivity contribution is 5.85. The molecule has 22 heavy (non-hydrogen) atoms. The lowest BCUT2D eigenvalue weighted by Crippen LogP contribution is -2.66. The molecule has 2 atom stereocenters. The van der Waals surface area contributed by atoms with Crippen LogP contribution in [0.5, 0.6) is 0 Å². The lowest BCUT2D eigenvalue weighted by atomic mass is 9.65. The zero-order valence-electron chi connectivity index (χ0n) is 16.4. The van der Waals surface area contributed by atoms with Crippen LogP contribution in [0.2, 0.25) is 0 Å². The van der Waals surface area contributed by atoms with Crippen molar-refractivity contribution in [1.29, 1.82) is 0 Å². The third-order valence-corrected chi connectivity index (χ3v) is 5.40. The van der Waals surface area contributed by atoms with Crippen LogP contribution in [0.25, 0.3) is 0 Å². The number of carbonyl (C=O) groups is 1. The number of hydrogen-bond acceptors (Lipinski definition) is 2. The monoisotopic (exact) mass is 312 g/mol. The van der Waals surface area contributed by atoms with Crippen molar-refractivity contribution < 1.29 is 4.79 Å². The maximum absolute atomic E-state index is 12.5. The Bertz CT molecular complexity index is 328. The van der Waals surface area contributed by atoms with Gasteiger partial charge in [0.2, 0.25) is 5.91 Å². The van der Waals surface area contributed by atoms with Crippen molar-refractivity contribution in [2.45, 2.75) is 74.3 Å². The summed E-state index contributed by atoms with van der Waals surface area (Å²) in [5.41, 5.74) is 5.32. The minimum absolute atomic E-state index is 0.171. The summed E-state index contributed by atoms with van der Waals surface area (Å²) in [5, 5.41) is 3.65. The molecule has 0 aromatic rings. The predicted octanol–water partition coefficient (Wildman–Crippen LogP) is 4.07. The minimum Gasteiger partial charge on any atom is -0.368 e. The van der Waals surface area contributed by atoms with Crippen molar-refractivity contribution >= 4 is 5.91 Å². The minimum atomic E-state index is -0.634. The summed E-state index contributed by atoms with van der Waals surface area (Å²) in [7, 11) is 0. The molecule has 2 unspecified atom stereocenters. The van der Waals surface area contributed by atoms with E-state index in [4.69, 9.17) is 5.73 Å². The summed E-state index contributed by atoms with van der Waals surface area (Å²) in [6.07, 6.45) is 1.12. The van der Waals surface area contributed by atoms with E-state index < -0.39 is 5.54 Å². The van der Waals surface area contributed by atoms with E-state index >= 15 is 0 Å². The van der Waals surface area contributed by atoms with Gasteiger partial charge in [-0.05, 0) is 42.1 Å². The lowest BCUT2D eigenvalue weighted by molar-refractivity contribution is -0.131. The van der Waals surface area contributed by atoms with E-state index in [1.54, 1.807) is 0 Å². The lowest BCUT2D eigenvalue weighted by Gasteiger charge is -2.47. The van der Waals surface area contributed by atoms with Crippen LogP contribution in [0.15, 0.2) is 0 Å². The molecule has 132 valence electrons. The Hall–Kier alpha value is -0.570. The maximum atomic E-state index is 12.5. The standard InChI is InChI=1S/C19H40N2O/c1-10-16(12(2)3)11-21-19(15(8)9,18(20)22)17(13(4)5)14(6)7/h12-17,21H,10-11H2,1-9H3,(H2,20,22). The summed E-state index contributed by atoms with van der Waals surface area (Å²) in [5.74, 6) is 2.18. The smallest absolute Gasteiger partial charge is 0.238 e. The molecule has 0 aliphatic heterocycles. The van der Waals surface area contributed by atoms with Gasteiger partial charge in [0.1, 0.15) is 5.54 Å². The van der Waals surface area contributed by atoms with Crippen LogP contribution in [0, 0.1) is 35.5 Å². The van der Waals surface area contributed by atoms with Crippen molar-refractivity contribution in [2.24, 2.45) is 41.2 Å². The molecule has 0 radical (unpaired) electrons. The summed E-state index contributed by atoms with van der Waals surface area (Å²) in [4.78, 5) is 12.5. The number of rotatable bonds is 10. The molecular formula is C19H40N2O. The Kier molecular flexibility index (Phi) is 8.67. The second kappa shape index (κ2) is 8.90. The fourth-order valence-corrected chi connectivity index (χ4v) is 4.22. The molecule has 0 aliphatic carbocycles. The predicted molar refractivity (Wildman–Crippen MR) is 96.6 cm³/mol. The summed E-state index contributed by atoms with van der Waals surface area (Å²) in [6, 6.07) is 0. The van der Waals surface area contributed by atoms with Crippen LogP contribution < -0.4 is 11.1 Å². The number of nitrogens with one attached hydrogen (secondary N) is 1. The Morgan fingerprint density at radius 2 is 1.41 bits per heavy atom. The molecule has 0 heterocycles. The quantitative estimate of drug-likeness (QED) is 0.639. The molecule has 0 aromatic carbocycles. The third-order valence-electron chi connectivity index (χ3n) is 5.40. The first kappa shape index (κ1) is 21.4. The molecule has 0 spiro atoms. The first-order chi connectivity index (χ1) is 10.0. The van der Waals surface area contributed by atoms with Crippen molar-refractivity contribution in [3.8, 4) is 0 Å². The molecular weight excluding hydrogens is 272 g/mol. The highest BCUT2D eigenvalue weighted by Gasteiger charge is 2.49. The van der Waals surface area contributed by atoms with Gasteiger partial charge >= 0.3 is 0 Å². The number of hydrogen-bond donors (Lipinski definition) is 2. The van der Waals surface area contributed by atoms with E-state index in [9.17, 15) is 4.79 Å². The van der Waals surface area contributed by atoms with Crippen molar-refractivity contribution in [1.82, 2.24) is 5.32 Å². The van der Waals surface area contributed by atoms with Crippen LogP contribution in [-0.4, -0.2) is 18.0 Å². The second-order valence-corrected chi connectivity index (χ2v) is 8.20. The first-order valence-electron chi connectivity index (χ1n) is 9.07. The third kappa shape index (κ3) is 4.71. The van der Waals surface area contributed by atoms with Crippen LogP contribution >= 0.6 is 0 Å². The van der Waals surface area contributed by atoms with Crippen LogP contribution in [-0.2, 0) is 4.79 Å². The van der Waals surface area contributed by atoms with Gasteiger partial charge in [0, 0.05) is 0 Å². The van der Waals surface area contributed by atoms with Crippen molar-refractivity contribution in [3.05, 3.63) is 0 Å². The zero-order chi connectivity index (χ0) is 17.7. The van der Waals surface area contributed by atoms with Crippen LogP contribution in [0.1, 0.15) is 68.7 Å². The molecule has 0 bridgehead atoms. The zero-order valence-corrected chi connectivity index (χ0v) is 16.4. The highest BCUT2D eigenvalue weighted by atomic mass is 16.1. The normalized spacial score (nSPS) is 16.8. The molecule has 0 rings (SSSR count). The van der Waals surface area contributed by atoms with E-state index in [2.05, 4.69) is 67.6 Å². The molecule has 3 N–H and O–H groups in total. The van der Waals surface area contributed by atoms with Gasteiger partial charge in [0.05, 0.1) is 0 Å². The summed E-state index contributed by atoms with van der Waals surface area (Å²) < 4.78 is 0. The van der Waals surface area contributed by atoms with E-state index in [0.717, 1.165) is 13.0 Å². The van der Waals surface area contributed by atoms with Gasteiger partial charge in [-0.25, -0.2) is 0 Å². The van der Waals surface area contributed by atoms with Crippen LogP contribution in [0.4, 0.5) is 0 Å². The second-order valence-electron chi connectivity index (χ2n) is 8.20. The Morgan fingerprint density at radius 3 is 1.64 bits per heavy atom. The van der Waals surface area contributed by atoms with E-state index in [1.807, 2.05) is 0 Å². The average molecular weight is 313 g/mol. The molecule has 0 fully saturated rings. The van der Waals surface area contributed by atoms with Crippen molar-refractivity contribution in [3.63, 3.8) is 0 Å². The van der Waals surface area contributed by atoms with Gasteiger partial charge in [0.25, 0.3) is 0 Å². The van der Waals surface area contributed by atoms with E-state index in [-0.39, 0.29) is 17.7 Å². The van der Waals surface area contributed by atoms with Crippen molar-refractivity contribution in [2.75, 3.05) is 6.54 Å². The number of amides is 1. The highest BCUT2D eigenvalue weighted by Crippen LogP contribution is 2.37. The maximum Gasteiger partial charge on any atom is 0.238 e. The number of carbonyl (C=O) groups excluding carboxylic acids is 1. The van der Waals surface area contributed by atoms with Crippen LogP contribution in [0.3, 0.4) is 0 Å². The Morgan fingerprint density at radius 1 is 0.955 bits per heavy atom. The van der Waals surface area contributed by atoms with Gasteiger partial charge < -0.3 is 11.1 Å². The molecule has 0 saturated heterocycles.